The van der Waals surface area contributed by atoms with Crippen molar-refractivity contribution in [3.05, 3.63) is 124 Å². The number of nitrogens with zero attached hydrogens (tertiary/aromatic N) is 4. The van der Waals surface area contributed by atoms with Crippen molar-refractivity contribution in [1.82, 2.24) is 36.0 Å². The molecule has 0 radical (unpaired) electrons. The fourth-order valence-corrected chi connectivity index (χ4v) is 11.8. The molecule has 0 bridgehead atoms. The van der Waals surface area contributed by atoms with Crippen LogP contribution in [0.2, 0.25) is 0 Å². The maximum atomic E-state index is 15.0. The number of benzene rings is 4. The summed E-state index contributed by atoms with van der Waals surface area (Å²) in [6, 6.07) is 17.5. The molecule has 21 heteroatoms. The zero-order chi connectivity index (χ0) is 57.5. The molecule has 9 rings (SSSR count). The summed E-state index contributed by atoms with van der Waals surface area (Å²) < 4.78 is 55.1. The zero-order valence-electron chi connectivity index (χ0n) is 46.8. The lowest BCUT2D eigenvalue weighted by molar-refractivity contribution is -0.144. The van der Waals surface area contributed by atoms with E-state index in [4.69, 9.17) is 9.47 Å². The first-order valence-corrected chi connectivity index (χ1v) is 28.2. The lowest BCUT2D eigenvalue weighted by Crippen LogP contribution is -2.62. The van der Waals surface area contributed by atoms with Gasteiger partial charge in [-0.2, -0.15) is 0 Å². The van der Waals surface area contributed by atoms with Crippen LogP contribution in [-0.4, -0.2) is 160 Å². The van der Waals surface area contributed by atoms with Crippen LogP contribution in [0.3, 0.4) is 0 Å². The van der Waals surface area contributed by atoms with Crippen LogP contribution in [0.4, 0.5) is 30.2 Å². The summed E-state index contributed by atoms with van der Waals surface area (Å²) in [5.74, 6) is -5.44. The van der Waals surface area contributed by atoms with Crippen molar-refractivity contribution in [2.45, 2.75) is 108 Å². The van der Waals surface area contributed by atoms with E-state index in [0.717, 1.165) is 49.0 Å². The topological polar surface area (TPSA) is 206 Å². The van der Waals surface area contributed by atoms with Gasteiger partial charge in [-0.05, 0) is 137 Å². The maximum absolute atomic E-state index is 15.0. The van der Waals surface area contributed by atoms with Gasteiger partial charge in [-0.15, -0.1) is 0 Å². The Balaban J connectivity index is 0.879. The number of hydrogen-bond donors (Lipinski definition) is 6. The zero-order valence-corrected chi connectivity index (χ0v) is 46.8. The standard InChI is InChI=1S/C60H75F3N10O8/c1-36-30-71(45(29-66-36)32-70-22-25-81-34-37(70)2)33-52(75)73-35-60(4,47-18-13-40(27-50(47)73)26-39-11-15-43(61)16-12-39)59(79)65-21-7-10-51(74)67-44-17-14-42-31-72(55(46(42)28-44)57(77)69-54-48(62)8-6-9-49(54)63)58(78)53(41-19-23-80-24-20-41)68-56(76)38(3)64-5/h6,8-9,11-18,27-28,36-38,41,45,53,55,64,66H,7,10,19-26,29-35H2,1-5H3,(H,65,79)(H,67,74)(H,68,76)(H,69,77)/t36-,37?,38?,45-,53?,55?,60?/m1/s1. The summed E-state index contributed by atoms with van der Waals surface area (Å²) >= 11 is 0. The number of fused-ring (bicyclic) bond motifs is 2. The Labute approximate surface area is 471 Å². The fraction of sp³-hybridized carbons (Fsp3) is 0.500. The van der Waals surface area contributed by atoms with Gasteiger partial charge < -0.3 is 51.2 Å². The number of morpholine rings is 1. The van der Waals surface area contributed by atoms with Crippen LogP contribution in [-0.2, 0) is 56.6 Å². The SMILES string of the molecule is CNC(C)C(=O)NC(C(=O)N1Cc2ccc(NC(=O)CCCNC(=O)C3(C)CN(C(=O)CN4C[C@@H](C)NC[C@@H]4CN4CCOCC4C)c4cc(Cc5ccc(F)cc5)ccc43)cc2C1C(=O)Nc1c(F)cccc1F)C1CCOCC1. The summed E-state index contributed by atoms with van der Waals surface area (Å²) in [5.41, 5.74) is 2.44. The highest BCUT2D eigenvalue weighted by atomic mass is 19.1. The number of hydrogen-bond acceptors (Lipinski definition) is 12. The fourth-order valence-electron chi connectivity index (χ4n) is 11.8. The molecule has 7 atom stereocenters. The molecule has 5 aliphatic rings. The van der Waals surface area contributed by atoms with Crippen LogP contribution in [0.1, 0.15) is 87.2 Å². The molecule has 0 aromatic heterocycles. The average molecular weight is 1120 g/mol. The third-order valence-corrected chi connectivity index (χ3v) is 16.7. The number of piperazine rings is 1. The molecular weight excluding hydrogens is 1050 g/mol. The van der Waals surface area contributed by atoms with Crippen LogP contribution in [0, 0.1) is 23.4 Å². The molecule has 6 N–H and O–H groups in total. The number of ether oxygens (including phenoxy) is 2. The Bertz CT molecular complexity index is 2940. The Hall–Kier alpha value is -6.75. The van der Waals surface area contributed by atoms with Crippen LogP contribution in [0.25, 0.3) is 0 Å². The first-order valence-electron chi connectivity index (χ1n) is 28.2. The normalized spacial score (nSPS) is 23.0. The van der Waals surface area contributed by atoms with Gasteiger partial charge in [0.05, 0.1) is 31.2 Å². The molecular formula is C60H75F3N10O8. The summed E-state index contributed by atoms with van der Waals surface area (Å²) in [4.78, 5) is 92.9. The van der Waals surface area contributed by atoms with Gasteiger partial charge in [0.2, 0.25) is 29.5 Å². The van der Waals surface area contributed by atoms with Crippen LogP contribution in [0.15, 0.2) is 78.9 Å². The molecule has 5 unspecified atom stereocenters. The second-order valence-electron chi connectivity index (χ2n) is 22.5. The van der Waals surface area contributed by atoms with Crippen LogP contribution in [0.5, 0.6) is 0 Å². The van der Waals surface area contributed by atoms with Gasteiger partial charge in [-0.1, -0.05) is 36.4 Å². The average Bonchev–Trinajstić information content (AvgIpc) is 4.20. The molecule has 3 fully saturated rings. The lowest BCUT2D eigenvalue weighted by atomic mass is 9.83. The number of rotatable bonds is 19. The number of likely N-dealkylation sites (N-methyl/N-ethyl adjacent to an activating group) is 1. The number of carbonyl (C=O) groups is 6. The van der Waals surface area contributed by atoms with Gasteiger partial charge in [0.25, 0.3) is 5.91 Å². The van der Waals surface area contributed by atoms with E-state index in [2.05, 4.69) is 55.5 Å². The molecule has 3 saturated heterocycles. The van der Waals surface area contributed by atoms with Crippen LogP contribution < -0.4 is 36.8 Å². The molecule has 4 aromatic carbocycles. The quantitative estimate of drug-likeness (QED) is 0.0704. The number of anilines is 3. The number of para-hydroxylation sites is 1. The monoisotopic (exact) mass is 1120 g/mol. The lowest BCUT2D eigenvalue weighted by Gasteiger charge is -2.43. The predicted octanol–water partition coefficient (Wildman–Crippen LogP) is 4.76. The van der Waals surface area contributed by atoms with Crippen molar-refractivity contribution in [3.8, 4) is 0 Å². The highest BCUT2D eigenvalue weighted by molar-refractivity contribution is 6.03. The highest BCUT2D eigenvalue weighted by Gasteiger charge is 2.48. The second-order valence-corrected chi connectivity index (χ2v) is 22.5. The Morgan fingerprint density at radius 1 is 0.864 bits per heavy atom. The number of carbonyl (C=O) groups excluding carboxylic acids is 6. The van der Waals surface area contributed by atoms with Gasteiger partial charge in [0, 0.05) is 94.9 Å². The van der Waals surface area contributed by atoms with E-state index >= 15 is 0 Å². The number of halogens is 3. The predicted molar refractivity (Wildman–Crippen MR) is 300 cm³/mol. The summed E-state index contributed by atoms with van der Waals surface area (Å²) in [6.45, 7) is 13.1. The molecule has 0 aliphatic carbocycles. The first-order chi connectivity index (χ1) is 38.9. The van der Waals surface area contributed by atoms with Gasteiger partial charge in [0.1, 0.15) is 35.2 Å². The third-order valence-electron chi connectivity index (χ3n) is 16.7. The summed E-state index contributed by atoms with van der Waals surface area (Å²) in [6.07, 6.45) is 1.63. The van der Waals surface area contributed by atoms with Gasteiger partial charge in [-0.25, -0.2) is 13.2 Å². The summed E-state index contributed by atoms with van der Waals surface area (Å²) in [5, 5.41) is 17.6. The van der Waals surface area contributed by atoms with E-state index in [-0.39, 0.29) is 80.7 Å². The van der Waals surface area contributed by atoms with Gasteiger partial charge >= 0.3 is 0 Å². The van der Waals surface area contributed by atoms with Crippen molar-refractivity contribution in [1.29, 1.82) is 0 Å². The minimum atomic E-state index is -1.42. The van der Waals surface area contributed by atoms with E-state index in [0.29, 0.717) is 80.3 Å². The minimum Gasteiger partial charge on any atom is -0.381 e. The van der Waals surface area contributed by atoms with E-state index in [9.17, 15) is 41.9 Å². The summed E-state index contributed by atoms with van der Waals surface area (Å²) in [7, 11) is 1.62. The van der Waals surface area contributed by atoms with Crippen molar-refractivity contribution >= 4 is 52.5 Å². The number of amides is 6. The Morgan fingerprint density at radius 3 is 2.33 bits per heavy atom. The van der Waals surface area contributed by atoms with Crippen LogP contribution >= 0.6 is 0 Å². The minimum absolute atomic E-state index is 0.0197. The molecule has 18 nitrogen and oxygen atoms in total. The molecule has 5 aliphatic heterocycles. The molecule has 5 heterocycles. The molecule has 4 aromatic rings. The molecule has 0 saturated carbocycles. The second kappa shape index (κ2) is 26.0. The third kappa shape index (κ3) is 13.6. The highest BCUT2D eigenvalue weighted by Crippen LogP contribution is 2.43. The Kier molecular flexibility index (Phi) is 18.9. The van der Waals surface area contributed by atoms with E-state index in [1.165, 1.54) is 17.0 Å². The van der Waals surface area contributed by atoms with Crippen molar-refractivity contribution in [3.63, 3.8) is 0 Å². The smallest absolute Gasteiger partial charge is 0.252 e. The van der Waals surface area contributed by atoms with Gasteiger partial charge in [-0.3, -0.25) is 38.6 Å². The maximum Gasteiger partial charge on any atom is 0.252 e. The molecule has 0 spiro atoms. The first kappa shape index (κ1) is 58.9. The van der Waals surface area contributed by atoms with E-state index < -0.39 is 64.5 Å². The van der Waals surface area contributed by atoms with Crippen molar-refractivity contribution in [2.75, 3.05) is 94.8 Å². The van der Waals surface area contributed by atoms with E-state index in [1.54, 1.807) is 49.2 Å². The molecule has 81 heavy (non-hydrogen) atoms. The van der Waals surface area contributed by atoms with Gasteiger partial charge in [0.15, 0.2) is 0 Å². The number of nitrogens with one attached hydrogen (secondary N) is 6. The molecule has 6 amide bonds. The van der Waals surface area contributed by atoms with E-state index in [1.807, 2.05) is 25.1 Å². The largest absolute Gasteiger partial charge is 0.381 e. The van der Waals surface area contributed by atoms with Crippen molar-refractivity contribution < 1.29 is 51.4 Å². The Morgan fingerprint density at radius 2 is 1.60 bits per heavy atom. The molecule has 434 valence electrons. The van der Waals surface area contributed by atoms with Crippen molar-refractivity contribution in [2.24, 2.45) is 5.92 Å².